The van der Waals surface area contributed by atoms with Gasteiger partial charge in [0.15, 0.2) is 14.6 Å². The molecule has 9 heteroatoms. The van der Waals surface area contributed by atoms with E-state index in [-0.39, 0.29) is 23.0 Å². The summed E-state index contributed by atoms with van der Waals surface area (Å²) in [7, 11) is -1.69. The Morgan fingerprint density at radius 2 is 1.84 bits per heavy atom. The van der Waals surface area contributed by atoms with Crippen LogP contribution >= 0.6 is 22.9 Å². The second-order valence-electron chi connectivity index (χ2n) is 7.93. The van der Waals surface area contributed by atoms with Crippen LogP contribution in [0.3, 0.4) is 0 Å². The van der Waals surface area contributed by atoms with Gasteiger partial charge >= 0.3 is 0 Å². The standard InChI is InChI=1S/C22H24ClN3O3S2/c1-25-14-20(30-22(25)24)15-6-9-26(10-7-15)21(27)8-11-31(28,29)19-5-3-16-12-18(23)4-2-17(16)13-19/h2-5,12-15,24H,6-11H2,1H3. The van der Waals surface area contributed by atoms with Gasteiger partial charge in [-0.25, -0.2) is 8.42 Å². The molecule has 2 aromatic carbocycles. The van der Waals surface area contributed by atoms with Crippen molar-refractivity contribution in [3.63, 3.8) is 0 Å². The van der Waals surface area contributed by atoms with Gasteiger partial charge in [0.1, 0.15) is 0 Å². The van der Waals surface area contributed by atoms with E-state index < -0.39 is 9.84 Å². The minimum absolute atomic E-state index is 0.0174. The first-order valence-corrected chi connectivity index (χ1v) is 13.0. The Morgan fingerprint density at radius 3 is 2.52 bits per heavy atom. The maximum Gasteiger partial charge on any atom is 0.223 e. The SMILES string of the molecule is Cn1cc(C2CCN(C(=O)CCS(=O)(=O)c3ccc4cc(Cl)ccc4c3)CC2)sc1=N. The third kappa shape index (κ3) is 4.86. The molecule has 4 rings (SSSR count). The zero-order valence-corrected chi connectivity index (χ0v) is 19.6. The normalized spacial score (nSPS) is 15.5. The van der Waals surface area contributed by atoms with Crippen molar-refractivity contribution in [1.82, 2.24) is 9.47 Å². The Hall–Kier alpha value is -2.16. The quantitative estimate of drug-likeness (QED) is 0.604. The number of carbonyl (C=O) groups excluding carboxylic acids is 1. The topological polar surface area (TPSA) is 83.2 Å². The van der Waals surface area contributed by atoms with Crippen molar-refractivity contribution in [2.24, 2.45) is 7.05 Å². The van der Waals surface area contributed by atoms with Crippen LogP contribution < -0.4 is 4.80 Å². The molecule has 2 heterocycles. The van der Waals surface area contributed by atoms with Crippen molar-refractivity contribution < 1.29 is 13.2 Å². The predicted octanol–water partition coefficient (Wildman–Crippen LogP) is 3.94. The lowest BCUT2D eigenvalue weighted by molar-refractivity contribution is -0.131. The van der Waals surface area contributed by atoms with Crippen LogP contribution in [-0.2, 0) is 21.7 Å². The average molecular weight is 478 g/mol. The van der Waals surface area contributed by atoms with Crippen molar-refractivity contribution in [2.45, 2.75) is 30.1 Å². The molecule has 1 aromatic heterocycles. The summed E-state index contributed by atoms with van der Waals surface area (Å²) in [5.74, 6) is 0.0371. The van der Waals surface area contributed by atoms with E-state index in [1.54, 1.807) is 41.3 Å². The number of nitrogens with zero attached hydrogens (tertiary/aromatic N) is 2. The number of hydrogen-bond acceptors (Lipinski definition) is 5. The number of sulfone groups is 1. The summed E-state index contributed by atoms with van der Waals surface area (Å²) in [6, 6.07) is 10.3. The van der Waals surface area contributed by atoms with Gasteiger partial charge < -0.3 is 9.47 Å². The van der Waals surface area contributed by atoms with Crippen LogP contribution in [-0.4, -0.2) is 42.6 Å². The maximum absolute atomic E-state index is 12.8. The fourth-order valence-electron chi connectivity index (χ4n) is 3.95. The molecule has 164 valence electrons. The Kier molecular flexibility index (Phi) is 6.23. The van der Waals surface area contributed by atoms with Crippen LogP contribution in [0.4, 0.5) is 0 Å². The van der Waals surface area contributed by atoms with Gasteiger partial charge in [0.05, 0.1) is 10.6 Å². The van der Waals surface area contributed by atoms with Gasteiger partial charge in [0, 0.05) is 42.7 Å². The Labute approximate surface area is 190 Å². The smallest absolute Gasteiger partial charge is 0.223 e. The lowest BCUT2D eigenvalue weighted by Crippen LogP contribution is -2.38. The first-order valence-electron chi connectivity index (χ1n) is 10.1. The van der Waals surface area contributed by atoms with Crippen LogP contribution in [0.15, 0.2) is 47.5 Å². The van der Waals surface area contributed by atoms with Gasteiger partial charge in [-0.05, 0) is 53.8 Å². The number of halogens is 1. The average Bonchev–Trinajstić information content (AvgIpc) is 3.10. The molecule has 31 heavy (non-hydrogen) atoms. The highest BCUT2D eigenvalue weighted by Gasteiger charge is 2.26. The van der Waals surface area contributed by atoms with Crippen molar-refractivity contribution >= 4 is 49.5 Å². The Morgan fingerprint density at radius 1 is 1.16 bits per heavy atom. The van der Waals surface area contributed by atoms with Crippen LogP contribution in [0.5, 0.6) is 0 Å². The second kappa shape index (κ2) is 8.76. The molecule has 6 nitrogen and oxygen atoms in total. The fraction of sp³-hybridized carbons (Fsp3) is 0.364. The fourth-order valence-corrected chi connectivity index (χ4v) is 6.42. The lowest BCUT2D eigenvalue weighted by atomic mass is 9.95. The molecule has 0 aliphatic carbocycles. The molecule has 3 aromatic rings. The van der Waals surface area contributed by atoms with Crippen molar-refractivity contribution in [3.05, 3.63) is 57.3 Å². The Bertz CT molecular complexity index is 1290. The molecule has 0 atom stereocenters. The molecule has 1 aliphatic heterocycles. The molecule has 1 amide bonds. The monoisotopic (exact) mass is 477 g/mol. The second-order valence-corrected chi connectivity index (χ2v) is 11.5. The van der Waals surface area contributed by atoms with E-state index in [0.717, 1.165) is 23.6 Å². The molecular formula is C22H24ClN3O3S2. The molecule has 1 fully saturated rings. The summed E-state index contributed by atoms with van der Waals surface area (Å²) in [6.45, 7) is 1.24. The summed E-state index contributed by atoms with van der Waals surface area (Å²) < 4.78 is 27.4. The summed E-state index contributed by atoms with van der Waals surface area (Å²) in [5.41, 5.74) is 0. The van der Waals surface area contributed by atoms with Gasteiger partial charge in [0.2, 0.25) is 5.91 Å². The number of rotatable bonds is 5. The lowest BCUT2D eigenvalue weighted by Gasteiger charge is -2.31. The number of benzene rings is 2. The van der Waals surface area contributed by atoms with Crippen LogP contribution in [0, 0.1) is 5.41 Å². The summed E-state index contributed by atoms with van der Waals surface area (Å²) in [6.07, 6.45) is 3.66. The molecule has 1 aliphatic rings. The predicted molar refractivity (Wildman–Crippen MR) is 123 cm³/mol. The van der Waals surface area contributed by atoms with Gasteiger partial charge in [-0.1, -0.05) is 23.7 Å². The molecule has 1 saturated heterocycles. The van der Waals surface area contributed by atoms with E-state index in [9.17, 15) is 13.2 Å². The summed E-state index contributed by atoms with van der Waals surface area (Å²) in [4.78, 5) is 16.3. The molecule has 0 spiro atoms. The van der Waals surface area contributed by atoms with Crippen molar-refractivity contribution in [1.29, 1.82) is 5.41 Å². The van der Waals surface area contributed by atoms with E-state index in [4.69, 9.17) is 17.0 Å². The van der Waals surface area contributed by atoms with E-state index in [2.05, 4.69) is 0 Å². The first kappa shape index (κ1) is 22.0. The third-order valence-electron chi connectivity index (χ3n) is 5.82. The number of aryl methyl sites for hydroxylation is 1. The minimum atomic E-state index is -3.55. The van der Waals surface area contributed by atoms with Gasteiger partial charge in [-0.2, -0.15) is 0 Å². The molecule has 0 radical (unpaired) electrons. The molecule has 0 saturated carbocycles. The summed E-state index contributed by atoms with van der Waals surface area (Å²) >= 11 is 7.47. The molecule has 0 bridgehead atoms. The highest BCUT2D eigenvalue weighted by Crippen LogP contribution is 2.30. The van der Waals surface area contributed by atoms with E-state index in [1.807, 2.05) is 17.8 Å². The number of amides is 1. The number of piperidine rings is 1. The zero-order chi connectivity index (χ0) is 22.2. The van der Waals surface area contributed by atoms with Crippen LogP contribution in [0.1, 0.15) is 30.1 Å². The van der Waals surface area contributed by atoms with Gasteiger partial charge in [0.25, 0.3) is 0 Å². The third-order valence-corrected chi connectivity index (χ3v) is 8.93. The van der Waals surface area contributed by atoms with Gasteiger partial charge in [-0.15, -0.1) is 11.3 Å². The number of thiazole rings is 1. The molecular weight excluding hydrogens is 454 g/mol. The molecule has 0 unspecified atom stereocenters. The van der Waals surface area contributed by atoms with Crippen LogP contribution in [0.2, 0.25) is 5.02 Å². The summed E-state index contributed by atoms with van der Waals surface area (Å²) in [5, 5.41) is 10.1. The van der Waals surface area contributed by atoms with E-state index in [1.165, 1.54) is 16.2 Å². The molecule has 1 N–H and O–H groups in total. The van der Waals surface area contributed by atoms with Crippen molar-refractivity contribution in [2.75, 3.05) is 18.8 Å². The largest absolute Gasteiger partial charge is 0.343 e. The number of fused-ring (bicyclic) bond motifs is 1. The number of nitrogens with one attached hydrogen (secondary N) is 1. The van der Waals surface area contributed by atoms with Crippen molar-refractivity contribution in [3.8, 4) is 0 Å². The van der Waals surface area contributed by atoms with E-state index in [0.29, 0.717) is 28.8 Å². The minimum Gasteiger partial charge on any atom is -0.343 e. The maximum atomic E-state index is 12.8. The number of likely N-dealkylation sites (tertiary alicyclic amines) is 1. The Balaban J connectivity index is 1.36. The number of aromatic nitrogens is 1. The number of carbonyl (C=O) groups is 1. The highest BCUT2D eigenvalue weighted by atomic mass is 35.5. The highest BCUT2D eigenvalue weighted by molar-refractivity contribution is 7.91. The van der Waals surface area contributed by atoms with Crippen LogP contribution in [0.25, 0.3) is 10.8 Å². The van der Waals surface area contributed by atoms with E-state index >= 15 is 0 Å². The zero-order valence-electron chi connectivity index (χ0n) is 17.2. The first-order chi connectivity index (χ1) is 14.7. The van der Waals surface area contributed by atoms with Gasteiger partial charge in [-0.3, -0.25) is 10.2 Å². The number of hydrogen-bond donors (Lipinski definition) is 1.